The van der Waals surface area contributed by atoms with Gasteiger partial charge in [0.2, 0.25) is 0 Å². The molecule has 10 heteroatoms. The Labute approximate surface area is 283 Å². The van der Waals surface area contributed by atoms with Crippen molar-refractivity contribution in [2.24, 2.45) is 0 Å². The summed E-state index contributed by atoms with van der Waals surface area (Å²) in [5, 5.41) is 12.3. The molecule has 10 nitrogen and oxygen atoms in total. The molecule has 7 rings (SSSR count). The van der Waals surface area contributed by atoms with Crippen LogP contribution in [0.5, 0.6) is 6.01 Å². The minimum atomic E-state index is -0.275. The van der Waals surface area contributed by atoms with Crippen LogP contribution in [0.4, 0.5) is 11.5 Å². The average molecular weight is 645 g/mol. The van der Waals surface area contributed by atoms with E-state index in [4.69, 9.17) is 14.7 Å². The molecule has 4 aliphatic rings. The van der Waals surface area contributed by atoms with Crippen LogP contribution in [0.3, 0.4) is 0 Å². The number of likely N-dealkylation sites (N-methyl/N-ethyl adjacent to an activating group) is 2. The van der Waals surface area contributed by atoms with E-state index in [0.29, 0.717) is 50.5 Å². The number of benzene rings is 2. The molecule has 1 amide bonds. The van der Waals surface area contributed by atoms with Crippen LogP contribution in [-0.4, -0.2) is 96.1 Å². The highest BCUT2D eigenvalue weighted by molar-refractivity contribution is 5.97. The summed E-state index contributed by atoms with van der Waals surface area (Å²) in [6.07, 6.45) is 12.7. The Morgan fingerprint density at radius 3 is 2.67 bits per heavy atom. The van der Waals surface area contributed by atoms with Crippen LogP contribution in [0.15, 0.2) is 72.6 Å². The van der Waals surface area contributed by atoms with Crippen molar-refractivity contribution >= 4 is 28.2 Å². The number of anilines is 2. The third kappa shape index (κ3) is 6.22. The molecule has 0 N–H and O–H groups in total. The number of nitrogens with zero attached hydrogens (tertiary/aromatic N) is 8. The van der Waals surface area contributed by atoms with Crippen LogP contribution in [0.25, 0.3) is 10.8 Å². The van der Waals surface area contributed by atoms with Crippen molar-refractivity contribution in [2.75, 3.05) is 63.2 Å². The van der Waals surface area contributed by atoms with Crippen molar-refractivity contribution in [3.8, 4) is 12.1 Å². The topological polar surface area (TPSA) is 92.1 Å². The largest absolute Gasteiger partial charge is 0.462 e. The van der Waals surface area contributed by atoms with Crippen molar-refractivity contribution in [1.82, 2.24) is 24.7 Å². The predicted octanol–water partition coefficient (Wildman–Crippen LogP) is 4.80. The highest BCUT2D eigenvalue weighted by Crippen LogP contribution is 2.36. The molecular formula is C38H44N8O2. The number of fused-ring (bicyclic) bond motifs is 2. The van der Waals surface area contributed by atoms with Gasteiger partial charge < -0.3 is 29.2 Å². The summed E-state index contributed by atoms with van der Waals surface area (Å²) in [6.45, 7) is 6.91. The van der Waals surface area contributed by atoms with Gasteiger partial charge in [-0.3, -0.25) is 4.79 Å². The number of rotatable bonds is 7. The van der Waals surface area contributed by atoms with Gasteiger partial charge in [0.25, 0.3) is 5.91 Å². The highest BCUT2D eigenvalue weighted by Gasteiger charge is 2.36. The zero-order chi connectivity index (χ0) is 33.2. The van der Waals surface area contributed by atoms with Crippen LogP contribution in [-0.2, 0) is 17.8 Å². The molecule has 0 spiro atoms. The quantitative estimate of drug-likeness (QED) is 0.360. The number of amides is 1. The first kappa shape index (κ1) is 31.7. The number of hydrogen-bond acceptors (Lipinski definition) is 9. The van der Waals surface area contributed by atoms with E-state index in [9.17, 15) is 10.1 Å². The number of nitriles is 1. The van der Waals surface area contributed by atoms with Gasteiger partial charge in [0.05, 0.1) is 30.8 Å². The molecule has 4 aliphatic heterocycles. The molecule has 0 radical (unpaired) electrons. The molecule has 0 aliphatic carbocycles. The Kier molecular flexibility index (Phi) is 9.04. The van der Waals surface area contributed by atoms with Crippen LogP contribution in [0.1, 0.15) is 36.1 Å². The van der Waals surface area contributed by atoms with E-state index in [2.05, 4.69) is 71.1 Å². The summed E-state index contributed by atoms with van der Waals surface area (Å²) in [5.74, 6) is 0.805. The Morgan fingerprint density at radius 1 is 1.00 bits per heavy atom. The van der Waals surface area contributed by atoms with Gasteiger partial charge in [-0.2, -0.15) is 15.2 Å². The van der Waals surface area contributed by atoms with Crippen molar-refractivity contribution in [3.63, 3.8) is 0 Å². The van der Waals surface area contributed by atoms with Gasteiger partial charge in [-0.15, -0.1) is 0 Å². The molecule has 0 saturated carbocycles. The first-order chi connectivity index (χ1) is 23.4. The molecule has 248 valence electrons. The summed E-state index contributed by atoms with van der Waals surface area (Å²) in [4.78, 5) is 34.7. The summed E-state index contributed by atoms with van der Waals surface area (Å²) < 4.78 is 6.37. The predicted molar refractivity (Wildman–Crippen MR) is 189 cm³/mol. The van der Waals surface area contributed by atoms with Gasteiger partial charge in [0.1, 0.15) is 18.1 Å². The lowest BCUT2D eigenvalue weighted by molar-refractivity contribution is -0.131. The average Bonchev–Trinajstić information content (AvgIpc) is 3.39. The van der Waals surface area contributed by atoms with E-state index < -0.39 is 0 Å². The lowest BCUT2D eigenvalue weighted by atomic mass is 9.99. The molecule has 1 aromatic heterocycles. The minimum absolute atomic E-state index is 0.0657. The number of carbonyl (C=O) groups is 1. The molecule has 2 aromatic carbocycles. The second-order valence-corrected chi connectivity index (χ2v) is 13.3. The fourth-order valence-electron chi connectivity index (χ4n) is 7.60. The number of allylic oxidation sites excluding steroid dienone is 4. The minimum Gasteiger partial charge on any atom is -0.462 e. The molecule has 2 unspecified atom stereocenters. The Morgan fingerprint density at radius 2 is 1.85 bits per heavy atom. The van der Waals surface area contributed by atoms with E-state index in [1.807, 2.05) is 47.4 Å². The molecule has 2 fully saturated rings. The molecule has 48 heavy (non-hydrogen) atoms. The van der Waals surface area contributed by atoms with E-state index in [1.165, 1.54) is 28.4 Å². The van der Waals surface area contributed by atoms with Crippen LogP contribution in [0.2, 0.25) is 0 Å². The smallest absolute Gasteiger partial charge is 0.318 e. The van der Waals surface area contributed by atoms with E-state index in [-0.39, 0.29) is 18.4 Å². The van der Waals surface area contributed by atoms with E-state index in [0.717, 1.165) is 43.0 Å². The molecule has 0 bridgehead atoms. The number of likely N-dealkylation sites (tertiary alicyclic amines) is 1. The van der Waals surface area contributed by atoms with E-state index in [1.54, 1.807) is 0 Å². The Bertz CT molecular complexity index is 1820. The van der Waals surface area contributed by atoms with Crippen molar-refractivity contribution in [3.05, 3.63) is 89.4 Å². The maximum atomic E-state index is 13.8. The molecular weight excluding hydrogens is 600 g/mol. The second kappa shape index (κ2) is 13.7. The molecule has 2 saturated heterocycles. The first-order valence-corrected chi connectivity index (χ1v) is 17.1. The maximum Gasteiger partial charge on any atom is 0.318 e. The van der Waals surface area contributed by atoms with E-state index >= 15 is 0 Å². The lowest BCUT2D eigenvalue weighted by Gasteiger charge is -2.43. The van der Waals surface area contributed by atoms with Gasteiger partial charge in [0, 0.05) is 62.1 Å². The normalized spacial score (nSPS) is 21.2. The monoisotopic (exact) mass is 644 g/mol. The maximum absolute atomic E-state index is 13.8. The number of aryl methyl sites for hydroxylation is 1. The third-order valence-electron chi connectivity index (χ3n) is 10.3. The van der Waals surface area contributed by atoms with Crippen LogP contribution >= 0.6 is 0 Å². The molecule has 3 aromatic rings. The Hall–Kier alpha value is -4.88. The second-order valence-electron chi connectivity index (χ2n) is 13.3. The molecule has 2 atom stereocenters. The van der Waals surface area contributed by atoms with Crippen molar-refractivity contribution in [1.29, 1.82) is 5.26 Å². The van der Waals surface area contributed by atoms with Gasteiger partial charge in [-0.1, -0.05) is 42.5 Å². The number of ether oxygens (including phenoxy) is 1. The SMILES string of the molecule is Cc1cccc2cccc(N3CCc4c(nc(OCC5CCCN5C)nc4N4CCN(C(=O)C5=CC=CC=CN5C)C(CC#N)C4)C3)c12. The highest BCUT2D eigenvalue weighted by atomic mass is 16.5. The van der Waals surface area contributed by atoms with Gasteiger partial charge in [-0.05, 0) is 68.9 Å². The van der Waals surface area contributed by atoms with Crippen molar-refractivity contribution < 1.29 is 9.53 Å². The summed E-state index contributed by atoms with van der Waals surface area (Å²) in [7, 11) is 4.03. The summed E-state index contributed by atoms with van der Waals surface area (Å²) >= 11 is 0. The standard InChI is InChI=1S/C38H44N8O2/c1-27-10-7-11-28-12-8-15-33(35(27)28)44-21-17-31-32(25-44)40-38(48-26-30-13-9-20-42(30)2)41-36(31)45-22-23-46(29(24-45)16-18-39)37(47)34-14-5-4-6-19-43(34)3/h4-8,10-12,14-15,19,29-30H,9,13,16-17,20-26H2,1-3H3. The fraction of sp³-hybridized carbons (Fsp3) is 0.421. The number of carbonyl (C=O) groups excluding carboxylic acids is 1. The Balaban J connectivity index is 1.20. The van der Waals surface area contributed by atoms with Crippen LogP contribution in [0, 0.1) is 18.3 Å². The fourth-order valence-corrected chi connectivity index (χ4v) is 7.60. The zero-order valence-electron chi connectivity index (χ0n) is 28.2. The third-order valence-corrected chi connectivity index (χ3v) is 10.3. The lowest BCUT2D eigenvalue weighted by Crippen LogP contribution is -2.56. The summed E-state index contributed by atoms with van der Waals surface area (Å²) in [5.41, 5.74) is 5.18. The number of hydrogen-bond donors (Lipinski definition) is 0. The van der Waals surface area contributed by atoms with Crippen molar-refractivity contribution in [2.45, 2.75) is 51.2 Å². The summed E-state index contributed by atoms with van der Waals surface area (Å²) in [6, 6.07) is 15.8. The first-order valence-electron chi connectivity index (χ1n) is 17.1. The van der Waals surface area contributed by atoms with Gasteiger partial charge in [0.15, 0.2) is 0 Å². The number of aromatic nitrogens is 2. The van der Waals surface area contributed by atoms with Gasteiger partial charge in [-0.25, -0.2) is 0 Å². The zero-order valence-corrected chi connectivity index (χ0v) is 28.2. The van der Waals surface area contributed by atoms with Crippen LogP contribution < -0.4 is 14.5 Å². The number of piperazine rings is 1. The van der Waals surface area contributed by atoms with Gasteiger partial charge >= 0.3 is 6.01 Å². The molecule has 5 heterocycles.